The second-order valence-corrected chi connectivity index (χ2v) is 11.7. The monoisotopic (exact) mass is 620 g/mol. The van der Waals surface area contributed by atoms with Crippen molar-refractivity contribution in [3.8, 4) is 5.69 Å². The van der Waals surface area contributed by atoms with Gasteiger partial charge in [-0.05, 0) is 0 Å². The molecule has 4 heteroatoms. The zero-order valence-corrected chi connectivity index (χ0v) is 23.2. The Morgan fingerprint density at radius 3 is 1.81 bits per heavy atom. The summed E-state index contributed by atoms with van der Waals surface area (Å²) in [5.74, 6) is 0.899. The van der Waals surface area contributed by atoms with Crippen molar-refractivity contribution in [2.45, 2.75) is 80.7 Å². The van der Waals surface area contributed by atoms with Gasteiger partial charge in [0.25, 0.3) is 0 Å². The average molecular weight is 621 g/mol. The molecule has 0 unspecified atom stereocenters. The standard InChI is InChI=1S/C27H36N2.Au.ClH/c1-17(2)24-11-10-12-25(18(3)4)27(24)29-16-28(22(8)23(29)9)15-26-20(6)13-19(5)14-21(26)7;;/h10-14,17-18H,15H2,1-9H3;;1H/q;-1;/p-1. The fraction of sp³-hybridized carbons (Fsp3) is 0.444. The minimum atomic E-state index is -0.517. The van der Waals surface area contributed by atoms with Gasteiger partial charge in [-0.3, -0.25) is 0 Å². The molecule has 1 aromatic heterocycles. The molecule has 0 radical (unpaired) electrons. The summed E-state index contributed by atoms with van der Waals surface area (Å²) in [7, 11) is 6.76. The Morgan fingerprint density at radius 2 is 1.35 bits per heavy atom. The van der Waals surface area contributed by atoms with E-state index in [9.17, 15) is 0 Å². The first-order valence-corrected chi connectivity index (χ1v) is 14.9. The molecule has 2 aromatic carbocycles. The van der Waals surface area contributed by atoms with Crippen molar-refractivity contribution in [2.24, 2.45) is 0 Å². The van der Waals surface area contributed by atoms with Crippen LogP contribution < -0.4 is 0 Å². The van der Waals surface area contributed by atoms with Crippen LogP contribution in [0.4, 0.5) is 0 Å². The fourth-order valence-corrected chi connectivity index (χ4v) is 7.07. The van der Waals surface area contributed by atoms with Crippen LogP contribution in [0.2, 0.25) is 0 Å². The van der Waals surface area contributed by atoms with Crippen LogP contribution in [0.15, 0.2) is 30.3 Å². The zero-order chi connectivity index (χ0) is 23.0. The fourth-order valence-electron chi connectivity index (χ4n) is 4.60. The predicted octanol–water partition coefficient (Wildman–Crippen LogP) is 7.88. The van der Waals surface area contributed by atoms with Gasteiger partial charge >= 0.3 is 202 Å². The van der Waals surface area contributed by atoms with Crippen LogP contribution in [0.25, 0.3) is 5.69 Å². The first-order valence-electron chi connectivity index (χ1n) is 11.1. The number of imidazole rings is 1. The van der Waals surface area contributed by atoms with Crippen LogP contribution in [0.3, 0.4) is 0 Å². The van der Waals surface area contributed by atoms with Crippen LogP contribution in [-0.2, 0) is 24.8 Å². The molecule has 3 aromatic rings. The molecule has 0 fully saturated rings. The second-order valence-electron chi connectivity index (χ2n) is 9.36. The third-order valence-electron chi connectivity index (χ3n) is 6.41. The SMILES string of the molecule is Cc1cc(C)c(Cn2c(C)c(C)n(-c3c(C(C)C)cccc3C(C)C)[c]2=[Au-2][Cl])c(C)c1. The summed E-state index contributed by atoms with van der Waals surface area (Å²) < 4.78 is 6.20. The molecule has 1 heterocycles. The van der Waals surface area contributed by atoms with Crippen molar-refractivity contribution in [1.82, 2.24) is 9.13 Å². The molecule has 3 rings (SSSR count). The third kappa shape index (κ3) is 4.59. The van der Waals surface area contributed by atoms with Crippen LogP contribution in [0, 0.1) is 38.2 Å². The van der Waals surface area contributed by atoms with E-state index in [4.69, 9.17) is 9.19 Å². The van der Waals surface area contributed by atoms with Gasteiger partial charge in [-0.2, -0.15) is 0 Å². The van der Waals surface area contributed by atoms with Crippen LogP contribution in [-0.4, -0.2) is 9.13 Å². The van der Waals surface area contributed by atoms with Gasteiger partial charge in [-0.15, -0.1) is 0 Å². The quantitative estimate of drug-likeness (QED) is 0.257. The summed E-state index contributed by atoms with van der Waals surface area (Å²) in [4.78, 5) is 0. The predicted molar refractivity (Wildman–Crippen MR) is 130 cm³/mol. The van der Waals surface area contributed by atoms with Gasteiger partial charge in [0.2, 0.25) is 0 Å². The summed E-state index contributed by atoms with van der Waals surface area (Å²) in [6.07, 6.45) is 0. The number of hydrogen-bond acceptors (Lipinski definition) is 0. The van der Waals surface area contributed by atoms with Crippen LogP contribution >= 0.6 is 9.19 Å². The Kier molecular flexibility index (Phi) is 7.58. The number of nitrogens with zero attached hydrogens (tertiary/aromatic N) is 2. The van der Waals surface area contributed by atoms with Crippen molar-refractivity contribution < 1.29 is 18.2 Å². The maximum absolute atomic E-state index is 6.76. The van der Waals surface area contributed by atoms with Gasteiger partial charge in [0.05, 0.1) is 0 Å². The number of para-hydroxylation sites is 1. The molecule has 0 aliphatic heterocycles. The van der Waals surface area contributed by atoms with E-state index in [0.29, 0.717) is 11.8 Å². The van der Waals surface area contributed by atoms with Crippen molar-refractivity contribution >= 4 is 9.19 Å². The number of aromatic nitrogens is 2. The Morgan fingerprint density at radius 1 is 0.839 bits per heavy atom. The first kappa shape index (κ1) is 24.3. The number of rotatable bonds is 5. The summed E-state index contributed by atoms with van der Waals surface area (Å²) in [6, 6.07) is 11.4. The van der Waals surface area contributed by atoms with E-state index in [1.807, 2.05) is 0 Å². The molecular weight excluding hydrogens is 585 g/mol. The molecule has 0 aliphatic rings. The maximum atomic E-state index is 6.76. The number of halogens is 1. The van der Waals surface area contributed by atoms with Gasteiger partial charge < -0.3 is 0 Å². The van der Waals surface area contributed by atoms with Gasteiger partial charge in [-0.1, -0.05) is 0 Å². The van der Waals surface area contributed by atoms with Crippen molar-refractivity contribution in [3.05, 3.63) is 78.7 Å². The molecule has 0 saturated heterocycles. The van der Waals surface area contributed by atoms with Crippen molar-refractivity contribution in [3.63, 3.8) is 0 Å². The zero-order valence-electron chi connectivity index (χ0n) is 20.3. The van der Waals surface area contributed by atoms with E-state index >= 15 is 0 Å². The topological polar surface area (TPSA) is 9.86 Å². The molecule has 0 bridgehead atoms. The Hall–Kier alpha value is -1.32. The van der Waals surface area contributed by atoms with Gasteiger partial charge in [0.1, 0.15) is 0 Å². The van der Waals surface area contributed by atoms with Gasteiger partial charge in [0.15, 0.2) is 0 Å². The first-order chi connectivity index (χ1) is 14.6. The summed E-state index contributed by atoms with van der Waals surface area (Å²) in [5, 5.41) is 0. The van der Waals surface area contributed by atoms with Gasteiger partial charge in [-0.25, -0.2) is 0 Å². The number of aryl methyl sites for hydroxylation is 3. The average Bonchev–Trinajstić information content (AvgIpc) is 2.93. The Balaban J connectivity index is 2.33. The molecule has 31 heavy (non-hydrogen) atoms. The normalized spacial score (nSPS) is 13.0. The Bertz CT molecular complexity index is 1130. The third-order valence-corrected chi connectivity index (χ3v) is 8.68. The summed E-state index contributed by atoms with van der Waals surface area (Å²) >= 11 is -0.517. The molecule has 0 aliphatic carbocycles. The van der Waals surface area contributed by atoms with Crippen molar-refractivity contribution in [2.75, 3.05) is 0 Å². The number of benzene rings is 2. The van der Waals surface area contributed by atoms with E-state index in [0.717, 1.165) is 6.54 Å². The van der Waals surface area contributed by atoms with E-state index in [1.54, 1.807) is 0 Å². The molecule has 0 saturated carbocycles. The second kappa shape index (κ2) is 9.67. The Labute approximate surface area is 200 Å². The molecule has 0 amide bonds. The van der Waals surface area contributed by atoms with E-state index < -0.39 is 18.2 Å². The minimum absolute atomic E-state index is 0.450. The summed E-state index contributed by atoms with van der Waals surface area (Å²) in [6.45, 7) is 21.2. The molecule has 0 N–H and O–H groups in total. The van der Waals surface area contributed by atoms with Crippen LogP contribution in [0.5, 0.6) is 0 Å². The molecule has 0 spiro atoms. The van der Waals surface area contributed by atoms with Crippen LogP contribution in [0.1, 0.15) is 84.3 Å². The summed E-state index contributed by atoms with van der Waals surface area (Å²) in [5.41, 5.74) is 12.2. The molecule has 174 valence electrons. The van der Waals surface area contributed by atoms with E-state index in [2.05, 4.69) is 102 Å². The molecule has 0 atom stereocenters. The molecular formula is C27H36AuClN2-2. The van der Waals surface area contributed by atoms with Gasteiger partial charge in [0, 0.05) is 0 Å². The number of hydrogen-bond donors (Lipinski definition) is 0. The van der Waals surface area contributed by atoms with E-state index in [1.165, 1.54) is 54.1 Å². The van der Waals surface area contributed by atoms with E-state index in [-0.39, 0.29) is 0 Å². The van der Waals surface area contributed by atoms with Crippen molar-refractivity contribution in [1.29, 1.82) is 0 Å². The molecule has 2 nitrogen and oxygen atoms in total.